The number of amides is 2. The Balaban J connectivity index is 1.50. The lowest BCUT2D eigenvalue weighted by Gasteiger charge is -2.33. The van der Waals surface area contributed by atoms with Gasteiger partial charge in [-0.15, -0.1) is 0 Å². The van der Waals surface area contributed by atoms with Crippen LogP contribution in [-0.2, 0) is 19.4 Å². The smallest absolute Gasteiger partial charge is 0.251 e. The second-order valence-electron chi connectivity index (χ2n) is 7.63. The van der Waals surface area contributed by atoms with Crippen LogP contribution < -0.4 is 20.5 Å². The second-order valence-corrected chi connectivity index (χ2v) is 9.89. The third-order valence-corrected chi connectivity index (χ3v) is 8.16. The first-order valence-corrected chi connectivity index (χ1v) is 12.1. The van der Waals surface area contributed by atoms with Crippen LogP contribution >= 0.6 is 0 Å². The number of methoxy groups -OCH3 is 1. The Morgan fingerprint density at radius 1 is 1.03 bits per heavy atom. The summed E-state index contributed by atoms with van der Waals surface area (Å²) in [5.74, 6) is 0.110. The predicted octanol–water partition coefficient (Wildman–Crippen LogP) is 1.70. The summed E-state index contributed by atoms with van der Waals surface area (Å²) in [5.41, 5.74) is 6.02. The molecule has 1 saturated heterocycles. The molecule has 1 fully saturated rings. The van der Waals surface area contributed by atoms with E-state index >= 15 is 0 Å². The molecule has 3 rings (SSSR count). The van der Waals surface area contributed by atoms with Crippen LogP contribution in [-0.4, -0.2) is 58.5 Å². The molecule has 0 aromatic heterocycles. The fourth-order valence-electron chi connectivity index (χ4n) is 3.60. The molecular formula is C23H28N2O7S. The lowest BCUT2D eigenvalue weighted by atomic mass is 9.98. The van der Waals surface area contributed by atoms with Crippen molar-refractivity contribution in [2.75, 3.05) is 33.5 Å². The zero-order valence-corrected chi connectivity index (χ0v) is 19.2. The first-order valence-electron chi connectivity index (χ1n) is 10.6. The Morgan fingerprint density at radius 3 is 2.21 bits per heavy atom. The highest BCUT2D eigenvalue weighted by Crippen LogP contribution is 2.35. The van der Waals surface area contributed by atoms with Gasteiger partial charge in [-0.3, -0.25) is 9.59 Å². The molecule has 1 aliphatic heterocycles. The normalized spacial score (nSPS) is 15.4. The van der Waals surface area contributed by atoms with Crippen LogP contribution in [0.5, 0.6) is 11.5 Å². The highest BCUT2D eigenvalue weighted by molar-refractivity contribution is 7.93. The molecule has 2 aromatic rings. The van der Waals surface area contributed by atoms with Gasteiger partial charge in [0.25, 0.3) is 5.91 Å². The maximum Gasteiger partial charge on any atom is 0.251 e. The number of primary amides is 1. The molecule has 1 heterocycles. The molecule has 0 atom stereocenters. The van der Waals surface area contributed by atoms with Crippen LogP contribution in [0, 0.1) is 0 Å². The van der Waals surface area contributed by atoms with Gasteiger partial charge >= 0.3 is 0 Å². The molecule has 2 aromatic carbocycles. The van der Waals surface area contributed by atoms with E-state index < -0.39 is 20.5 Å². The Labute approximate surface area is 193 Å². The van der Waals surface area contributed by atoms with Gasteiger partial charge in [0.05, 0.1) is 18.6 Å². The van der Waals surface area contributed by atoms with Crippen LogP contribution in [0.25, 0.3) is 0 Å². The number of nitrogens with two attached hydrogens (primary N) is 1. The largest absolute Gasteiger partial charge is 0.497 e. The third kappa shape index (κ3) is 5.45. The lowest BCUT2D eigenvalue weighted by molar-refractivity contribution is -0.122. The molecular weight excluding hydrogens is 448 g/mol. The average molecular weight is 477 g/mol. The van der Waals surface area contributed by atoms with E-state index in [0.29, 0.717) is 36.6 Å². The van der Waals surface area contributed by atoms with Crippen molar-refractivity contribution >= 4 is 21.7 Å². The minimum Gasteiger partial charge on any atom is -0.497 e. The van der Waals surface area contributed by atoms with E-state index in [2.05, 4.69) is 5.32 Å². The van der Waals surface area contributed by atoms with Crippen LogP contribution in [0.1, 0.15) is 29.6 Å². The Morgan fingerprint density at radius 2 is 1.64 bits per heavy atom. The summed E-state index contributed by atoms with van der Waals surface area (Å²) in [6.07, 6.45) is 0.628. The van der Waals surface area contributed by atoms with Crippen molar-refractivity contribution in [2.45, 2.75) is 28.9 Å². The van der Waals surface area contributed by atoms with Crippen molar-refractivity contribution in [2.24, 2.45) is 5.73 Å². The first-order chi connectivity index (χ1) is 15.8. The number of sulfone groups is 1. The topological polar surface area (TPSA) is 134 Å². The monoisotopic (exact) mass is 476 g/mol. The number of ether oxygens (including phenoxy) is 3. The van der Waals surface area contributed by atoms with Crippen LogP contribution in [0.15, 0.2) is 53.4 Å². The lowest BCUT2D eigenvalue weighted by Crippen LogP contribution is -2.53. The molecule has 9 nitrogen and oxygen atoms in total. The number of carbonyl (C=O) groups excluding carboxylic acids is 2. The first kappa shape index (κ1) is 24.5. The van der Waals surface area contributed by atoms with Crippen molar-refractivity contribution < 1.29 is 32.2 Å². The summed E-state index contributed by atoms with van der Waals surface area (Å²) < 4.78 is 40.5. The highest BCUT2D eigenvalue weighted by atomic mass is 32.2. The average Bonchev–Trinajstić information content (AvgIpc) is 2.84. The standard InChI is InChI=1S/C23H28N2O7S/c1-30-18-5-3-17(4-6-18)21(26)25-13-2-14-32-19-7-9-20(10-8-19)33(28,29)23(22(24)27)11-15-31-16-12-23/h3-10H,2,11-16H2,1H3,(H2,24,27)(H,25,26). The number of hydrogen-bond acceptors (Lipinski definition) is 7. The number of nitrogens with one attached hydrogen (secondary N) is 1. The molecule has 0 spiro atoms. The van der Waals surface area contributed by atoms with E-state index in [1.165, 1.54) is 24.3 Å². The number of carbonyl (C=O) groups is 2. The van der Waals surface area contributed by atoms with Crippen LogP contribution in [0.4, 0.5) is 0 Å². The van der Waals surface area contributed by atoms with E-state index in [0.717, 1.165) is 0 Å². The number of rotatable bonds is 10. The van der Waals surface area contributed by atoms with Gasteiger partial charge in [-0.1, -0.05) is 0 Å². The minimum atomic E-state index is -3.97. The Bertz CT molecular complexity index is 1060. The highest BCUT2D eigenvalue weighted by Gasteiger charge is 2.51. The molecule has 0 radical (unpaired) electrons. The van der Waals surface area contributed by atoms with Crippen molar-refractivity contribution in [1.29, 1.82) is 0 Å². The summed E-state index contributed by atoms with van der Waals surface area (Å²) in [5, 5.41) is 2.81. The zero-order chi connectivity index (χ0) is 23.9. The van der Waals surface area contributed by atoms with E-state index in [4.69, 9.17) is 19.9 Å². The molecule has 3 N–H and O–H groups in total. The van der Waals surface area contributed by atoms with Crippen molar-refractivity contribution in [3.8, 4) is 11.5 Å². The van der Waals surface area contributed by atoms with E-state index in [-0.39, 0.29) is 36.9 Å². The summed E-state index contributed by atoms with van der Waals surface area (Å²) in [4.78, 5) is 24.2. The van der Waals surface area contributed by atoms with Gasteiger partial charge in [0, 0.05) is 25.3 Å². The molecule has 0 bridgehead atoms. The van der Waals surface area contributed by atoms with Crippen molar-refractivity contribution in [3.63, 3.8) is 0 Å². The summed E-state index contributed by atoms with van der Waals surface area (Å²) in [6.45, 7) is 1.08. The van der Waals surface area contributed by atoms with Gasteiger partial charge in [-0.2, -0.15) is 0 Å². The SMILES string of the molecule is COc1ccc(C(=O)NCCCOc2ccc(S(=O)(=O)C3(C(N)=O)CCOCC3)cc2)cc1. The van der Waals surface area contributed by atoms with Crippen LogP contribution in [0.2, 0.25) is 0 Å². The molecule has 0 saturated carbocycles. The second kappa shape index (κ2) is 10.7. The molecule has 0 unspecified atom stereocenters. The molecule has 33 heavy (non-hydrogen) atoms. The number of benzene rings is 2. The van der Waals surface area contributed by atoms with Gasteiger partial charge in [0.1, 0.15) is 11.5 Å². The quantitative estimate of drug-likeness (QED) is 0.499. The molecule has 1 aliphatic rings. The maximum absolute atomic E-state index is 13.1. The zero-order valence-electron chi connectivity index (χ0n) is 18.4. The minimum absolute atomic E-state index is 0.0160. The fourth-order valence-corrected chi connectivity index (χ4v) is 5.51. The van der Waals surface area contributed by atoms with Gasteiger partial charge in [-0.25, -0.2) is 8.42 Å². The Hall–Kier alpha value is -3.11. The van der Waals surface area contributed by atoms with Gasteiger partial charge in [-0.05, 0) is 67.8 Å². The number of hydrogen-bond donors (Lipinski definition) is 2. The Kier molecular flexibility index (Phi) is 7.93. The fraction of sp³-hybridized carbons (Fsp3) is 0.391. The summed E-state index contributed by atoms with van der Waals surface area (Å²) >= 11 is 0. The molecule has 178 valence electrons. The summed E-state index contributed by atoms with van der Waals surface area (Å²) in [6, 6.07) is 12.7. The molecule has 0 aliphatic carbocycles. The van der Waals surface area contributed by atoms with Crippen molar-refractivity contribution in [3.05, 3.63) is 54.1 Å². The van der Waals surface area contributed by atoms with Crippen LogP contribution in [0.3, 0.4) is 0 Å². The van der Waals surface area contributed by atoms with Crippen molar-refractivity contribution in [1.82, 2.24) is 5.32 Å². The van der Waals surface area contributed by atoms with Gasteiger partial charge < -0.3 is 25.3 Å². The van der Waals surface area contributed by atoms with Gasteiger partial charge in [0.2, 0.25) is 5.91 Å². The van der Waals surface area contributed by atoms with E-state index in [1.807, 2.05) is 0 Å². The third-order valence-electron chi connectivity index (χ3n) is 5.63. The maximum atomic E-state index is 13.1. The van der Waals surface area contributed by atoms with E-state index in [1.54, 1.807) is 31.4 Å². The summed E-state index contributed by atoms with van der Waals surface area (Å²) in [7, 11) is -2.41. The molecule has 10 heteroatoms. The predicted molar refractivity (Wildman–Crippen MR) is 121 cm³/mol. The molecule has 2 amide bonds. The van der Waals surface area contributed by atoms with Gasteiger partial charge in [0.15, 0.2) is 14.6 Å². The van der Waals surface area contributed by atoms with E-state index in [9.17, 15) is 18.0 Å².